The number of amides is 1. The maximum Gasteiger partial charge on any atom is 0.410 e. The van der Waals surface area contributed by atoms with Crippen LogP contribution in [0, 0.1) is 11.8 Å². The van der Waals surface area contributed by atoms with E-state index in [1.54, 1.807) is 4.90 Å². The second-order valence-corrected chi connectivity index (χ2v) is 6.29. The average molecular weight is 257 g/mol. The number of nitrogens with zero attached hydrogens (tertiary/aromatic N) is 1. The van der Waals surface area contributed by atoms with Crippen LogP contribution in [0.25, 0.3) is 0 Å². The monoisotopic (exact) mass is 257 g/mol. The van der Waals surface area contributed by atoms with E-state index >= 15 is 0 Å². The number of aliphatic hydroxyl groups is 1. The highest BCUT2D eigenvalue weighted by Gasteiger charge is 2.28. The SMILES string of the molecule is C[C@@H](CCO)C1CCN(C(=O)OC(C)(C)C)CC1. The van der Waals surface area contributed by atoms with Gasteiger partial charge >= 0.3 is 6.09 Å². The number of hydrogen-bond acceptors (Lipinski definition) is 3. The molecule has 1 amide bonds. The van der Waals surface area contributed by atoms with Gasteiger partial charge in [0.15, 0.2) is 0 Å². The molecule has 1 fully saturated rings. The molecule has 0 aromatic heterocycles. The van der Waals surface area contributed by atoms with E-state index in [4.69, 9.17) is 9.84 Å². The molecule has 1 atom stereocenters. The molecule has 106 valence electrons. The summed E-state index contributed by atoms with van der Waals surface area (Å²) in [6.07, 6.45) is 2.69. The zero-order chi connectivity index (χ0) is 13.8. The molecule has 0 radical (unpaired) electrons. The van der Waals surface area contributed by atoms with Crippen LogP contribution in [0.3, 0.4) is 0 Å². The topological polar surface area (TPSA) is 49.8 Å². The Hall–Kier alpha value is -0.770. The number of carbonyl (C=O) groups is 1. The minimum atomic E-state index is -0.419. The summed E-state index contributed by atoms with van der Waals surface area (Å²) in [4.78, 5) is 13.7. The summed E-state index contributed by atoms with van der Waals surface area (Å²) < 4.78 is 5.37. The highest BCUT2D eigenvalue weighted by molar-refractivity contribution is 5.68. The molecule has 4 heteroatoms. The van der Waals surface area contributed by atoms with Crippen molar-refractivity contribution in [3.63, 3.8) is 0 Å². The van der Waals surface area contributed by atoms with Gasteiger partial charge in [-0.2, -0.15) is 0 Å². The van der Waals surface area contributed by atoms with Crippen LogP contribution in [0.4, 0.5) is 4.79 Å². The van der Waals surface area contributed by atoms with Crippen molar-refractivity contribution >= 4 is 6.09 Å². The molecule has 1 rings (SSSR count). The van der Waals surface area contributed by atoms with Crippen molar-refractivity contribution in [3.05, 3.63) is 0 Å². The molecule has 0 bridgehead atoms. The third-order valence-corrected chi connectivity index (χ3v) is 3.58. The fourth-order valence-electron chi connectivity index (χ4n) is 2.42. The van der Waals surface area contributed by atoms with Gasteiger partial charge in [0.1, 0.15) is 5.60 Å². The molecule has 18 heavy (non-hydrogen) atoms. The summed E-state index contributed by atoms with van der Waals surface area (Å²) in [6, 6.07) is 0. The predicted molar refractivity (Wildman–Crippen MR) is 71.4 cm³/mol. The Morgan fingerprint density at radius 1 is 1.39 bits per heavy atom. The molecular weight excluding hydrogens is 230 g/mol. The molecule has 1 aliphatic rings. The molecule has 0 aromatic rings. The highest BCUT2D eigenvalue weighted by atomic mass is 16.6. The third kappa shape index (κ3) is 4.84. The molecule has 1 saturated heterocycles. The molecular formula is C14H27NO3. The average Bonchev–Trinajstić information content (AvgIpc) is 2.27. The quantitative estimate of drug-likeness (QED) is 0.845. The third-order valence-electron chi connectivity index (χ3n) is 3.58. The van der Waals surface area contributed by atoms with E-state index in [0.29, 0.717) is 11.8 Å². The molecule has 1 aliphatic heterocycles. The van der Waals surface area contributed by atoms with Crippen LogP contribution in [0.5, 0.6) is 0 Å². The highest BCUT2D eigenvalue weighted by Crippen LogP contribution is 2.27. The number of rotatable bonds is 3. The Labute approximate surface area is 110 Å². The Morgan fingerprint density at radius 2 is 1.94 bits per heavy atom. The summed E-state index contributed by atoms with van der Waals surface area (Å²) in [5.74, 6) is 1.16. The number of aliphatic hydroxyl groups excluding tert-OH is 1. The summed E-state index contributed by atoms with van der Waals surface area (Å²) >= 11 is 0. The Bertz CT molecular complexity index is 265. The lowest BCUT2D eigenvalue weighted by molar-refractivity contribution is 0.0157. The number of piperidine rings is 1. The summed E-state index contributed by atoms with van der Waals surface area (Å²) in [5.41, 5.74) is -0.419. The minimum absolute atomic E-state index is 0.198. The fraction of sp³-hybridized carbons (Fsp3) is 0.929. The van der Waals surface area contributed by atoms with E-state index in [1.165, 1.54) is 0 Å². The van der Waals surface area contributed by atoms with Crippen molar-refractivity contribution < 1.29 is 14.6 Å². The first-order valence-electron chi connectivity index (χ1n) is 6.92. The first-order valence-corrected chi connectivity index (χ1v) is 6.92. The van der Waals surface area contributed by atoms with Gasteiger partial charge in [-0.05, 0) is 51.9 Å². The van der Waals surface area contributed by atoms with Crippen molar-refractivity contribution in [2.75, 3.05) is 19.7 Å². The molecule has 0 spiro atoms. The summed E-state index contributed by atoms with van der Waals surface area (Å²) in [7, 11) is 0. The van der Waals surface area contributed by atoms with E-state index in [0.717, 1.165) is 32.4 Å². The van der Waals surface area contributed by atoms with Gasteiger partial charge in [-0.25, -0.2) is 4.79 Å². The largest absolute Gasteiger partial charge is 0.444 e. The second kappa shape index (κ2) is 6.41. The zero-order valence-corrected chi connectivity index (χ0v) is 12.1. The fourth-order valence-corrected chi connectivity index (χ4v) is 2.42. The first-order chi connectivity index (χ1) is 8.33. The van der Waals surface area contributed by atoms with Crippen LogP contribution in [0.15, 0.2) is 0 Å². The Kier molecular flexibility index (Phi) is 5.45. The molecule has 1 N–H and O–H groups in total. The van der Waals surface area contributed by atoms with Crippen LogP contribution < -0.4 is 0 Å². The number of ether oxygens (including phenoxy) is 1. The van der Waals surface area contributed by atoms with Gasteiger partial charge in [0.25, 0.3) is 0 Å². The van der Waals surface area contributed by atoms with Gasteiger partial charge in [0.2, 0.25) is 0 Å². The van der Waals surface area contributed by atoms with E-state index in [-0.39, 0.29) is 12.7 Å². The predicted octanol–water partition coefficient (Wildman–Crippen LogP) is 2.65. The van der Waals surface area contributed by atoms with Crippen LogP contribution in [0.1, 0.15) is 47.0 Å². The van der Waals surface area contributed by atoms with Crippen LogP contribution in [0.2, 0.25) is 0 Å². The van der Waals surface area contributed by atoms with Crippen molar-refractivity contribution in [1.82, 2.24) is 4.90 Å². The van der Waals surface area contributed by atoms with Crippen LogP contribution in [-0.4, -0.2) is 41.4 Å². The molecule has 4 nitrogen and oxygen atoms in total. The lowest BCUT2D eigenvalue weighted by Crippen LogP contribution is -2.42. The van der Waals surface area contributed by atoms with Crippen molar-refractivity contribution in [2.24, 2.45) is 11.8 Å². The second-order valence-electron chi connectivity index (χ2n) is 6.29. The maximum absolute atomic E-state index is 11.9. The zero-order valence-electron chi connectivity index (χ0n) is 12.1. The summed E-state index contributed by atoms with van der Waals surface area (Å²) in [6.45, 7) is 9.66. The van der Waals surface area contributed by atoms with E-state index in [9.17, 15) is 4.79 Å². The van der Waals surface area contributed by atoms with Gasteiger partial charge in [-0.3, -0.25) is 0 Å². The van der Waals surface area contributed by atoms with Gasteiger partial charge < -0.3 is 14.7 Å². The molecule has 0 unspecified atom stereocenters. The normalized spacial score (nSPS) is 19.7. The van der Waals surface area contributed by atoms with Crippen molar-refractivity contribution in [1.29, 1.82) is 0 Å². The molecule has 0 saturated carbocycles. The standard InChI is InChI=1S/C14H27NO3/c1-11(7-10-16)12-5-8-15(9-6-12)13(17)18-14(2,3)4/h11-12,16H,5-10H2,1-4H3/t11-/m0/s1. The Morgan fingerprint density at radius 3 is 2.39 bits per heavy atom. The molecule has 1 heterocycles. The minimum Gasteiger partial charge on any atom is -0.444 e. The lowest BCUT2D eigenvalue weighted by Gasteiger charge is -2.35. The summed E-state index contributed by atoms with van der Waals surface area (Å²) in [5, 5.41) is 8.95. The van der Waals surface area contributed by atoms with Gasteiger partial charge in [-0.1, -0.05) is 6.92 Å². The van der Waals surface area contributed by atoms with Crippen molar-refractivity contribution in [2.45, 2.75) is 52.6 Å². The molecule has 0 aromatic carbocycles. The van der Waals surface area contributed by atoms with Crippen molar-refractivity contribution in [3.8, 4) is 0 Å². The van der Waals surface area contributed by atoms with E-state index in [1.807, 2.05) is 20.8 Å². The van der Waals surface area contributed by atoms with E-state index in [2.05, 4.69) is 6.92 Å². The molecule has 0 aliphatic carbocycles. The lowest BCUT2D eigenvalue weighted by atomic mass is 9.84. The van der Waals surface area contributed by atoms with Gasteiger partial charge in [0.05, 0.1) is 0 Å². The van der Waals surface area contributed by atoms with Crippen LogP contribution in [-0.2, 0) is 4.74 Å². The number of likely N-dealkylation sites (tertiary alicyclic amines) is 1. The maximum atomic E-state index is 11.9. The van der Waals surface area contributed by atoms with Gasteiger partial charge in [0, 0.05) is 19.7 Å². The van der Waals surface area contributed by atoms with E-state index < -0.39 is 5.60 Å². The Balaban J connectivity index is 2.37. The van der Waals surface area contributed by atoms with Gasteiger partial charge in [-0.15, -0.1) is 0 Å². The van der Waals surface area contributed by atoms with Crippen LogP contribution >= 0.6 is 0 Å². The first kappa shape index (κ1) is 15.3. The smallest absolute Gasteiger partial charge is 0.410 e. The number of carbonyl (C=O) groups excluding carboxylic acids is 1. The number of hydrogen-bond donors (Lipinski definition) is 1.